The summed E-state index contributed by atoms with van der Waals surface area (Å²) in [5, 5.41) is 4.90. The van der Waals surface area contributed by atoms with Crippen molar-refractivity contribution in [1.29, 1.82) is 0 Å². The highest BCUT2D eigenvalue weighted by atomic mass is 16.5. The molecule has 1 aliphatic rings. The number of oxazole rings is 1. The number of carbonyl (C=O) groups excluding carboxylic acids is 1. The average molecular weight is 418 g/mol. The fourth-order valence-corrected chi connectivity index (χ4v) is 3.72. The normalized spacial score (nSPS) is 14.8. The predicted octanol–water partition coefficient (Wildman–Crippen LogP) is 3.55. The molecule has 1 saturated heterocycles. The van der Waals surface area contributed by atoms with E-state index >= 15 is 0 Å². The lowest BCUT2D eigenvalue weighted by Crippen LogP contribution is -2.47. The van der Waals surface area contributed by atoms with Gasteiger partial charge in [0.05, 0.1) is 12.5 Å². The van der Waals surface area contributed by atoms with Crippen LogP contribution in [0.1, 0.15) is 10.4 Å². The molecule has 1 amide bonds. The smallest absolute Gasteiger partial charge is 0.253 e. The summed E-state index contributed by atoms with van der Waals surface area (Å²) in [6.07, 6.45) is 1.54. The van der Waals surface area contributed by atoms with E-state index in [-0.39, 0.29) is 5.91 Å². The molecule has 0 aliphatic carbocycles. The summed E-state index contributed by atoms with van der Waals surface area (Å²) in [7, 11) is 3.68. The zero-order chi connectivity index (χ0) is 21.4. The number of hydrogen-bond donors (Lipinski definition) is 0. The van der Waals surface area contributed by atoms with Crippen LogP contribution in [0.15, 0.2) is 57.7 Å². The van der Waals surface area contributed by atoms with Crippen molar-refractivity contribution in [2.75, 3.05) is 40.3 Å². The first-order chi connectivity index (χ1) is 15.1. The van der Waals surface area contributed by atoms with E-state index in [4.69, 9.17) is 13.7 Å². The first kappa shape index (κ1) is 19.3. The average Bonchev–Trinajstić information content (AvgIpc) is 3.46. The Balaban J connectivity index is 1.46. The second-order valence-electron chi connectivity index (χ2n) is 7.61. The molecule has 0 N–H and O–H groups in total. The third kappa shape index (κ3) is 3.66. The number of methoxy groups -OCH3 is 1. The van der Waals surface area contributed by atoms with E-state index < -0.39 is 0 Å². The minimum Gasteiger partial charge on any atom is -0.497 e. The number of fused-ring (bicyclic) bond motifs is 1. The van der Waals surface area contributed by atoms with Crippen LogP contribution in [0.3, 0.4) is 0 Å². The van der Waals surface area contributed by atoms with Gasteiger partial charge in [-0.05, 0) is 43.4 Å². The van der Waals surface area contributed by atoms with E-state index in [0.29, 0.717) is 28.4 Å². The SMILES string of the molecule is COc1cccc(-c2nc(-c3noc4ccc(C(=O)N5CCN(C)CC5)cc34)co2)c1. The minimum absolute atomic E-state index is 0.0133. The second-order valence-corrected chi connectivity index (χ2v) is 7.61. The molecule has 0 unspecified atom stereocenters. The van der Waals surface area contributed by atoms with Gasteiger partial charge < -0.3 is 23.5 Å². The van der Waals surface area contributed by atoms with Crippen molar-refractivity contribution in [2.45, 2.75) is 0 Å². The Labute approximate surface area is 179 Å². The number of benzene rings is 2. The number of nitrogens with zero attached hydrogens (tertiary/aromatic N) is 4. The summed E-state index contributed by atoms with van der Waals surface area (Å²) in [5.74, 6) is 1.19. The third-order valence-electron chi connectivity index (χ3n) is 5.57. The lowest BCUT2D eigenvalue weighted by atomic mass is 10.1. The number of amides is 1. The summed E-state index contributed by atoms with van der Waals surface area (Å²) < 4.78 is 16.4. The van der Waals surface area contributed by atoms with Gasteiger partial charge in [0.25, 0.3) is 5.91 Å². The lowest BCUT2D eigenvalue weighted by molar-refractivity contribution is 0.0664. The van der Waals surface area contributed by atoms with Gasteiger partial charge in [-0.2, -0.15) is 0 Å². The lowest BCUT2D eigenvalue weighted by Gasteiger charge is -2.32. The molecule has 158 valence electrons. The maximum absolute atomic E-state index is 13.0. The molecule has 2 aromatic carbocycles. The van der Waals surface area contributed by atoms with Gasteiger partial charge in [-0.1, -0.05) is 11.2 Å². The van der Waals surface area contributed by atoms with E-state index in [1.807, 2.05) is 35.2 Å². The van der Waals surface area contributed by atoms with Crippen molar-refractivity contribution in [1.82, 2.24) is 19.9 Å². The van der Waals surface area contributed by atoms with E-state index in [2.05, 4.69) is 22.1 Å². The Morgan fingerprint density at radius 3 is 2.74 bits per heavy atom. The molecule has 8 nitrogen and oxygen atoms in total. The van der Waals surface area contributed by atoms with Gasteiger partial charge in [-0.15, -0.1) is 0 Å². The number of hydrogen-bond acceptors (Lipinski definition) is 7. The molecule has 2 aromatic heterocycles. The fourth-order valence-electron chi connectivity index (χ4n) is 3.72. The molecule has 1 fully saturated rings. The fraction of sp³-hybridized carbons (Fsp3) is 0.261. The number of aromatic nitrogens is 2. The van der Waals surface area contributed by atoms with Gasteiger partial charge >= 0.3 is 0 Å². The first-order valence-electron chi connectivity index (χ1n) is 10.1. The summed E-state index contributed by atoms with van der Waals surface area (Å²) in [6.45, 7) is 3.19. The number of rotatable bonds is 4. The second kappa shape index (κ2) is 7.88. The van der Waals surface area contributed by atoms with Crippen LogP contribution >= 0.6 is 0 Å². The van der Waals surface area contributed by atoms with Crippen molar-refractivity contribution in [2.24, 2.45) is 0 Å². The zero-order valence-electron chi connectivity index (χ0n) is 17.4. The van der Waals surface area contributed by atoms with Crippen LogP contribution < -0.4 is 4.74 Å². The van der Waals surface area contributed by atoms with Crippen LogP contribution in [0.2, 0.25) is 0 Å². The molecule has 0 saturated carbocycles. The molecule has 0 bridgehead atoms. The topological polar surface area (TPSA) is 84.8 Å². The summed E-state index contributed by atoms with van der Waals surface area (Å²) in [4.78, 5) is 21.7. The van der Waals surface area contributed by atoms with E-state index in [0.717, 1.165) is 42.9 Å². The van der Waals surface area contributed by atoms with Gasteiger partial charge in [0.2, 0.25) is 5.89 Å². The molecule has 3 heterocycles. The Hall–Kier alpha value is -3.65. The quantitative estimate of drug-likeness (QED) is 0.501. The first-order valence-corrected chi connectivity index (χ1v) is 10.1. The predicted molar refractivity (Wildman–Crippen MR) is 115 cm³/mol. The molecule has 0 atom stereocenters. The van der Waals surface area contributed by atoms with Crippen LogP contribution in [-0.2, 0) is 0 Å². The Morgan fingerprint density at radius 1 is 1.10 bits per heavy atom. The van der Waals surface area contributed by atoms with E-state index in [9.17, 15) is 4.79 Å². The highest BCUT2D eigenvalue weighted by Crippen LogP contribution is 2.31. The highest BCUT2D eigenvalue weighted by Gasteiger charge is 2.22. The third-order valence-corrected chi connectivity index (χ3v) is 5.57. The number of likely N-dealkylation sites (N-methyl/N-ethyl adjacent to an activating group) is 1. The van der Waals surface area contributed by atoms with Gasteiger partial charge in [0, 0.05) is 37.3 Å². The zero-order valence-corrected chi connectivity index (χ0v) is 17.4. The molecule has 5 rings (SSSR count). The van der Waals surface area contributed by atoms with Gasteiger partial charge in [0.15, 0.2) is 5.58 Å². The van der Waals surface area contributed by atoms with Crippen molar-refractivity contribution < 1.29 is 18.5 Å². The molecular formula is C23H22N4O4. The molecule has 8 heteroatoms. The van der Waals surface area contributed by atoms with Crippen LogP contribution in [0.25, 0.3) is 33.8 Å². The maximum Gasteiger partial charge on any atom is 0.253 e. The van der Waals surface area contributed by atoms with E-state index in [1.54, 1.807) is 25.5 Å². The highest BCUT2D eigenvalue weighted by molar-refractivity contribution is 6.00. The Kier molecular flexibility index (Phi) is 4.91. The largest absolute Gasteiger partial charge is 0.497 e. The Bertz CT molecular complexity index is 1240. The van der Waals surface area contributed by atoms with Crippen molar-refractivity contribution >= 4 is 16.9 Å². The molecule has 4 aromatic rings. The molecule has 0 radical (unpaired) electrons. The van der Waals surface area contributed by atoms with Crippen LogP contribution in [0.5, 0.6) is 5.75 Å². The van der Waals surface area contributed by atoms with Gasteiger partial charge in [-0.25, -0.2) is 4.98 Å². The minimum atomic E-state index is 0.0133. The molecule has 31 heavy (non-hydrogen) atoms. The molecule has 1 aliphatic heterocycles. The van der Waals surface area contributed by atoms with Crippen molar-refractivity contribution in [3.8, 4) is 28.6 Å². The van der Waals surface area contributed by atoms with E-state index in [1.165, 1.54) is 0 Å². The standard InChI is InChI=1S/C23H22N4O4/c1-26-8-10-27(11-9-26)23(28)16-6-7-20-18(13-16)21(25-31-20)19-14-30-22(24-19)15-4-3-5-17(12-15)29-2/h3-7,12-14H,8-11H2,1-2H3. The van der Waals surface area contributed by atoms with Crippen molar-refractivity contribution in [3.05, 3.63) is 54.3 Å². The number of carbonyl (C=O) groups is 1. The maximum atomic E-state index is 13.0. The molecular weight excluding hydrogens is 396 g/mol. The van der Waals surface area contributed by atoms with Crippen LogP contribution in [0.4, 0.5) is 0 Å². The van der Waals surface area contributed by atoms with Gasteiger partial charge in [0.1, 0.15) is 23.4 Å². The number of ether oxygens (including phenoxy) is 1. The van der Waals surface area contributed by atoms with Crippen LogP contribution in [0, 0.1) is 0 Å². The Morgan fingerprint density at radius 2 is 1.94 bits per heavy atom. The summed E-state index contributed by atoms with van der Waals surface area (Å²) >= 11 is 0. The monoisotopic (exact) mass is 418 g/mol. The molecule has 0 spiro atoms. The summed E-state index contributed by atoms with van der Waals surface area (Å²) in [5.41, 5.74) is 3.08. The van der Waals surface area contributed by atoms with Gasteiger partial charge in [-0.3, -0.25) is 4.79 Å². The number of piperazine rings is 1. The van der Waals surface area contributed by atoms with Crippen molar-refractivity contribution in [3.63, 3.8) is 0 Å². The van der Waals surface area contributed by atoms with Crippen LogP contribution in [-0.4, -0.2) is 66.2 Å². The summed E-state index contributed by atoms with van der Waals surface area (Å²) in [6, 6.07) is 12.9.